The molecule has 0 amide bonds. The molecule has 15 heavy (non-hydrogen) atoms. The van der Waals surface area contributed by atoms with Gasteiger partial charge in [-0.1, -0.05) is 33.1 Å². The Hall–Kier alpha value is -0.660. The topological polar surface area (TPSA) is 35.2 Å². The lowest BCUT2D eigenvalue weighted by atomic mass is 9.90. The zero-order chi connectivity index (χ0) is 11.1. The summed E-state index contributed by atoms with van der Waals surface area (Å²) in [5.41, 5.74) is 6.82. The van der Waals surface area contributed by atoms with Crippen molar-refractivity contribution in [1.29, 1.82) is 0 Å². The molecule has 0 radical (unpaired) electrons. The molecule has 0 bridgehead atoms. The summed E-state index contributed by atoms with van der Waals surface area (Å²) in [6.45, 7) is 5.07. The average molecular weight is 211 g/mol. The minimum absolute atomic E-state index is 0.768. The summed E-state index contributed by atoms with van der Waals surface area (Å²) in [4.78, 5) is 0. The third-order valence-corrected chi connectivity index (χ3v) is 3.28. The Morgan fingerprint density at radius 1 is 1.13 bits per heavy atom. The molecule has 1 aliphatic rings. The Morgan fingerprint density at radius 2 is 1.80 bits per heavy atom. The molecule has 2 heteroatoms. The molecular formula is C13H25NO. The van der Waals surface area contributed by atoms with Gasteiger partial charge in [0.05, 0.1) is 6.61 Å². The minimum Gasteiger partial charge on any atom is -0.496 e. The minimum atomic E-state index is 0.768. The number of ether oxygens (including phenoxy) is 1. The van der Waals surface area contributed by atoms with Crippen LogP contribution in [0.25, 0.3) is 0 Å². The van der Waals surface area contributed by atoms with Crippen LogP contribution in [0, 0.1) is 5.92 Å². The molecule has 0 aromatic heterocycles. The summed E-state index contributed by atoms with van der Waals surface area (Å²) in [7, 11) is 0. The summed E-state index contributed by atoms with van der Waals surface area (Å²) < 4.78 is 5.84. The van der Waals surface area contributed by atoms with Gasteiger partial charge in [0.25, 0.3) is 0 Å². The van der Waals surface area contributed by atoms with Crippen LogP contribution in [-0.4, -0.2) is 6.61 Å². The number of hydrogen-bond acceptors (Lipinski definition) is 2. The molecule has 0 unspecified atom stereocenters. The van der Waals surface area contributed by atoms with Gasteiger partial charge in [0.15, 0.2) is 0 Å². The highest BCUT2D eigenvalue weighted by Gasteiger charge is 2.14. The normalized spacial score (nSPS) is 19.9. The molecule has 1 rings (SSSR count). The van der Waals surface area contributed by atoms with E-state index in [0.29, 0.717) is 0 Å². The zero-order valence-electron chi connectivity index (χ0n) is 10.2. The van der Waals surface area contributed by atoms with Crippen molar-refractivity contribution in [3.63, 3.8) is 0 Å². The van der Waals surface area contributed by atoms with E-state index in [1.165, 1.54) is 32.1 Å². The quantitative estimate of drug-likeness (QED) is 0.705. The van der Waals surface area contributed by atoms with Crippen LogP contribution in [-0.2, 0) is 4.74 Å². The van der Waals surface area contributed by atoms with Crippen LogP contribution in [0.2, 0.25) is 0 Å². The molecule has 0 heterocycles. The summed E-state index contributed by atoms with van der Waals surface area (Å²) >= 11 is 0. The molecule has 1 aliphatic carbocycles. The highest BCUT2D eigenvalue weighted by Crippen LogP contribution is 2.25. The standard InChI is InChI=1S/C13H25NO/c1-3-12(14)13(4-2)15-10-11-8-6-5-7-9-11/h11H,3-10,14H2,1-2H3/b13-12-. The first-order chi connectivity index (χ1) is 7.27. The van der Waals surface area contributed by atoms with Crippen LogP contribution < -0.4 is 5.73 Å². The van der Waals surface area contributed by atoms with Crippen molar-refractivity contribution in [1.82, 2.24) is 0 Å². The van der Waals surface area contributed by atoms with Crippen LogP contribution >= 0.6 is 0 Å². The molecular weight excluding hydrogens is 186 g/mol. The Balaban J connectivity index is 2.33. The van der Waals surface area contributed by atoms with Crippen LogP contribution in [0.5, 0.6) is 0 Å². The van der Waals surface area contributed by atoms with E-state index in [-0.39, 0.29) is 0 Å². The van der Waals surface area contributed by atoms with Gasteiger partial charge in [-0.05, 0) is 25.2 Å². The first-order valence-electron chi connectivity index (χ1n) is 6.38. The first-order valence-corrected chi connectivity index (χ1v) is 6.38. The molecule has 2 nitrogen and oxygen atoms in total. The third kappa shape index (κ3) is 4.15. The second-order valence-electron chi connectivity index (χ2n) is 4.47. The van der Waals surface area contributed by atoms with Gasteiger partial charge in [-0.2, -0.15) is 0 Å². The summed E-state index contributed by atoms with van der Waals surface area (Å²) in [6, 6.07) is 0. The van der Waals surface area contributed by atoms with Gasteiger partial charge >= 0.3 is 0 Å². The summed E-state index contributed by atoms with van der Waals surface area (Å²) in [6.07, 6.45) is 8.65. The van der Waals surface area contributed by atoms with E-state index >= 15 is 0 Å². The molecule has 88 valence electrons. The molecule has 0 aromatic carbocycles. The van der Waals surface area contributed by atoms with Gasteiger partial charge in [0.1, 0.15) is 5.76 Å². The van der Waals surface area contributed by atoms with Gasteiger partial charge in [-0.3, -0.25) is 0 Å². The Kier molecular flexibility index (Phi) is 5.59. The smallest absolute Gasteiger partial charge is 0.114 e. The predicted molar refractivity (Wildman–Crippen MR) is 64.3 cm³/mol. The van der Waals surface area contributed by atoms with E-state index in [4.69, 9.17) is 10.5 Å². The van der Waals surface area contributed by atoms with Gasteiger partial charge in [-0.25, -0.2) is 0 Å². The molecule has 0 aromatic rings. The van der Waals surface area contributed by atoms with E-state index in [0.717, 1.165) is 36.8 Å². The SMILES string of the molecule is CC/C(N)=C(\CC)OCC1CCCCC1. The van der Waals surface area contributed by atoms with Crippen LogP contribution in [0.3, 0.4) is 0 Å². The third-order valence-electron chi connectivity index (χ3n) is 3.28. The van der Waals surface area contributed by atoms with E-state index < -0.39 is 0 Å². The van der Waals surface area contributed by atoms with E-state index in [1.807, 2.05) is 0 Å². The van der Waals surface area contributed by atoms with E-state index in [2.05, 4.69) is 13.8 Å². The maximum atomic E-state index is 5.90. The summed E-state index contributed by atoms with van der Waals surface area (Å²) in [5.74, 6) is 1.79. The van der Waals surface area contributed by atoms with Crippen LogP contribution in [0.15, 0.2) is 11.5 Å². The fourth-order valence-corrected chi connectivity index (χ4v) is 2.19. The molecule has 2 N–H and O–H groups in total. The zero-order valence-corrected chi connectivity index (χ0v) is 10.2. The predicted octanol–water partition coefficient (Wildman–Crippen LogP) is 3.57. The molecule has 0 atom stereocenters. The van der Waals surface area contributed by atoms with Gasteiger partial charge in [-0.15, -0.1) is 0 Å². The fourth-order valence-electron chi connectivity index (χ4n) is 2.19. The van der Waals surface area contributed by atoms with Crippen molar-refractivity contribution in [2.24, 2.45) is 11.7 Å². The van der Waals surface area contributed by atoms with Crippen molar-refractivity contribution < 1.29 is 4.74 Å². The lowest BCUT2D eigenvalue weighted by Crippen LogP contribution is -2.14. The number of rotatable bonds is 5. The van der Waals surface area contributed by atoms with Crippen molar-refractivity contribution >= 4 is 0 Å². The van der Waals surface area contributed by atoms with Crippen molar-refractivity contribution in [3.05, 3.63) is 11.5 Å². The van der Waals surface area contributed by atoms with Gasteiger partial charge in [0, 0.05) is 12.1 Å². The largest absolute Gasteiger partial charge is 0.496 e. The Labute approximate surface area is 93.9 Å². The highest BCUT2D eigenvalue weighted by atomic mass is 16.5. The first kappa shape index (κ1) is 12.4. The lowest BCUT2D eigenvalue weighted by molar-refractivity contribution is 0.134. The summed E-state index contributed by atoms with van der Waals surface area (Å²) in [5, 5.41) is 0. The average Bonchev–Trinajstić information content (AvgIpc) is 2.31. The fraction of sp³-hybridized carbons (Fsp3) is 0.846. The Bertz CT molecular complexity index is 205. The molecule has 1 saturated carbocycles. The maximum absolute atomic E-state index is 5.90. The maximum Gasteiger partial charge on any atom is 0.114 e. The van der Waals surface area contributed by atoms with E-state index in [9.17, 15) is 0 Å². The van der Waals surface area contributed by atoms with Crippen molar-refractivity contribution in [2.45, 2.75) is 58.8 Å². The monoisotopic (exact) mass is 211 g/mol. The second kappa shape index (κ2) is 6.76. The van der Waals surface area contributed by atoms with Crippen LogP contribution in [0.4, 0.5) is 0 Å². The highest BCUT2D eigenvalue weighted by molar-refractivity contribution is 5.03. The number of allylic oxidation sites excluding steroid dienone is 2. The second-order valence-corrected chi connectivity index (χ2v) is 4.47. The molecule has 0 saturated heterocycles. The molecule has 0 aliphatic heterocycles. The van der Waals surface area contributed by atoms with Gasteiger partial charge in [0.2, 0.25) is 0 Å². The van der Waals surface area contributed by atoms with Crippen molar-refractivity contribution in [3.8, 4) is 0 Å². The van der Waals surface area contributed by atoms with Crippen LogP contribution in [0.1, 0.15) is 58.8 Å². The van der Waals surface area contributed by atoms with Crippen molar-refractivity contribution in [2.75, 3.05) is 6.61 Å². The molecule has 0 spiro atoms. The number of hydrogen-bond donors (Lipinski definition) is 1. The number of nitrogens with two attached hydrogens (primary N) is 1. The van der Waals surface area contributed by atoms with E-state index in [1.54, 1.807) is 0 Å². The van der Waals surface area contributed by atoms with Gasteiger partial charge < -0.3 is 10.5 Å². The molecule has 1 fully saturated rings. The Morgan fingerprint density at radius 3 is 2.33 bits per heavy atom. The lowest BCUT2D eigenvalue weighted by Gasteiger charge is -2.22.